The molecule has 0 aliphatic carbocycles. The molecular formula is C22H20F2N4O. The molecule has 2 aromatic heterocycles. The quantitative estimate of drug-likeness (QED) is 0.482. The number of rotatable bonds is 8. The van der Waals surface area contributed by atoms with Gasteiger partial charge in [0, 0.05) is 18.5 Å². The highest BCUT2D eigenvalue weighted by Crippen LogP contribution is 2.32. The molecule has 0 amide bonds. The number of aryl methyl sites for hydroxylation is 1. The molecule has 1 N–H and O–H groups in total. The highest BCUT2D eigenvalue weighted by Gasteiger charge is 2.13. The van der Waals surface area contributed by atoms with E-state index in [0.29, 0.717) is 22.9 Å². The van der Waals surface area contributed by atoms with Gasteiger partial charge < -0.3 is 10.1 Å². The second-order valence-corrected chi connectivity index (χ2v) is 6.49. The van der Waals surface area contributed by atoms with Gasteiger partial charge in [0.15, 0.2) is 23.1 Å². The number of benzene rings is 1. The minimum atomic E-state index is -0.802. The number of halogens is 2. The van der Waals surface area contributed by atoms with Crippen LogP contribution in [0.3, 0.4) is 0 Å². The van der Waals surface area contributed by atoms with Crippen LogP contribution in [0.1, 0.15) is 37.3 Å². The van der Waals surface area contributed by atoms with Gasteiger partial charge in [0.1, 0.15) is 17.7 Å². The van der Waals surface area contributed by atoms with Gasteiger partial charge in [0.05, 0.1) is 5.56 Å². The van der Waals surface area contributed by atoms with E-state index in [1.165, 1.54) is 12.3 Å². The number of hydrogen-bond acceptors (Lipinski definition) is 5. The van der Waals surface area contributed by atoms with Crippen LogP contribution in [0.15, 0.2) is 48.8 Å². The first-order valence-electron chi connectivity index (χ1n) is 9.34. The van der Waals surface area contributed by atoms with Crippen LogP contribution in [0.5, 0.6) is 11.5 Å². The summed E-state index contributed by atoms with van der Waals surface area (Å²) in [7, 11) is 0. The Morgan fingerprint density at radius 3 is 2.59 bits per heavy atom. The Kier molecular flexibility index (Phi) is 6.69. The topological polar surface area (TPSA) is 70.8 Å². The zero-order valence-corrected chi connectivity index (χ0v) is 16.0. The lowest BCUT2D eigenvalue weighted by Gasteiger charge is -2.14. The van der Waals surface area contributed by atoms with Gasteiger partial charge >= 0.3 is 0 Å². The molecule has 0 saturated heterocycles. The summed E-state index contributed by atoms with van der Waals surface area (Å²) >= 11 is 0. The number of hydrogen-bond donors (Lipinski definition) is 1. The van der Waals surface area contributed by atoms with Crippen molar-refractivity contribution in [3.05, 3.63) is 71.6 Å². The molecule has 0 bridgehead atoms. The van der Waals surface area contributed by atoms with E-state index in [1.54, 1.807) is 24.4 Å². The Bertz CT molecular complexity index is 1020. The first-order valence-corrected chi connectivity index (χ1v) is 9.34. The first kappa shape index (κ1) is 20.2. The van der Waals surface area contributed by atoms with Gasteiger partial charge in [-0.25, -0.2) is 18.7 Å². The van der Waals surface area contributed by atoms with E-state index in [2.05, 4.69) is 22.2 Å². The lowest BCUT2D eigenvalue weighted by atomic mass is 10.1. The summed E-state index contributed by atoms with van der Waals surface area (Å²) in [6.07, 6.45) is 7.18. The van der Waals surface area contributed by atoms with Gasteiger partial charge in [0.25, 0.3) is 0 Å². The maximum atomic E-state index is 14.1. The molecule has 0 spiro atoms. The summed E-state index contributed by atoms with van der Waals surface area (Å²) in [4.78, 5) is 8.55. The third kappa shape index (κ3) is 5.48. The van der Waals surface area contributed by atoms with E-state index in [0.717, 1.165) is 43.4 Å². The molecule has 0 saturated carbocycles. The maximum absolute atomic E-state index is 14.1. The predicted molar refractivity (Wildman–Crippen MR) is 106 cm³/mol. The van der Waals surface area contributed by atoms with Gasteiger partial charge in [-0.3, -0.25) is 0 Å². The number of anilines is 2. The number of nitriles is 1. The van der Waals surface area contributed by atoms with E-state index in [9.17, 15) is 8.78 Å². The Balaban J connectivity index is 1.89. The number of aromatic nitrogens is 2. The number of nitrogens with zero attached hydrogens (tertiary/aromatic N) is 3. The monoisotopic (exact) mass is 394 g/mol. The Hall–Kier alpha value is -3.53. The summed E-state index contributed by atoms with van der Waals surface area (Å²) in [5.41, 5.74) is 1.38. The molecule has 0 aliphatic rings. The molecular weight excluding hydrogens is 374 g/mol. The zero-order chi connectivity index (χ0) is 20.6. The second-order valence-electron chi connectivity index (χ2n) is 6.49. The molecule has 5 nitrogen and oxygen atoms in total. The molecule has 0 fully saturated rings. The average Bonchev–Trinajstić information content (AvgIpc) is 2.72. The van der Waals surface area contributed by atoms with Crippen LogP contribution in [0, 0.1) is 23.0 Å². The van der Waals surface area contributed by atoms with Crippen molar-refractivity contribution in [2.45, 2.75) is 32.6 Å². The van der Waals surface area contributed by atoms with Gasteiger partial charge in [-0.15, -0.1) is 0 Å². The lowest BCUT2D eigenvalue weighted by molar-refractivity contribution is 0.437. The van der Waals surface area contributed by atoms with Crippen molar-refractivity contribution in [3.8, 4) is 17.6 Å². The Labute approximate surface area is 168 Å². The number of pyridine rings is 2. The largest absolute Gasteiger partial charge is 0.450 e. The second kappa shape index (κ2) is 9.60. The molecule has 0 atom stereocenters. The summed E-state index contributed by atoms with van der Waals surface area (Å²) in [6, 6.07) is 10.2. The van der Waals surface area contributed by atoms with Crippen molar-refractivity contribution in [2.75, 3.05) is 5.32 Å². The van der Waals surface area contributed by atoms with E-state index >= 15 is 0 Å². The highest BCUT2D eigenvalue weighted by molar-refractivity contribution is 5.61. The van der Waals surface area contributed by atoms with Crippen LogP contribution < -0.4 is 10.1 Å². The van der Waals surface area contributed by atoms with Crippen molar-refractivity contribution in [2.24, 2.45) is 0 Å². The molecule has 29 heavy (non-hydrogen) atoms. The van der Waals surface area contributed by atoms with Crippen molar-refractivity contribution >= 4 is 11.6 Å². The van der Waals surface area contributed by atoms with Crippen molar-refractivity contribution in [1.82, 2.24) is 9.97 Å². The van der Waals surface area contributed by atoms with Gasteiger partial charge in [-0.2, -0.15) is 5.26 Å². The van der Waals surface area contributed by atoms with Crippen LogP contribution in [-0.4, -0.2) is 9.97 Å². The number of nitrogens with one attached hydrogen (secondary N) is 1. The zero-order valence-electron chi connectivity index (χ0n) is 16.0. The lowest BCUT2D eigenvalue weighted by Crippen LogP contribution is -2.01. The van der Waals surface area contributed by atoms with Gasteiger partial charge in [0.2, 0.25) is 0 Å². The van der Waals surface area contributed by atoms with Gasteiger partial charge in [-0.05, 0) is 48.7 Å². The Morgan fingerprint density at radius 2 is 1.90 bits per heavy atom. The van der Waals surface area contributed by atoms with E-state index < -0.39 is 11.6 Å². The standard InChI is InChI=1S/C22H20F2N4O/c1-2-3-4-5-15-10-20(29-19-8-7-17(23)11-18(19)24)22(27-13-15)28-21-9-6-16(12-25)14-26-21/h6-11,13-14H,2-5H2,1H3,(H,26,27,28). The summed E-state index contributed by atoms with van der Waals surface area (Å²) in [5, 5.41) is 11.9. The minimum absolute atomic E-state index is 0.102. The third-order valence-electron chi connectivity index (χ3n) is 4.23. The van der Waals surface area contributed by atoms with E-state index in [-0.39, 0.29) is 5.75 Å². The fraction of sp³-hybridized carbons (Fsp3) is 0.227. The summed E-state index contributed by atoms with van der Waals surface area (Å²) < 4.78 is 33.0. The fourth-order valence-electron chi connectivity index (χ4n) is 2.70. The SMILES string of the molecule is CCCCCc1cnc(Nc2ccc(C#N)cn2)c(Oc2ccc(F)cc2F)c1. The van der Waals surface area contributed by atoms with Crippen LogP contribution in [0.25, 0.3) is 0 Å². The van der Waals surface area contributed by atoms with Crippen LogP contribution in [0.4, 0.5) is 20.4 Å². The molecule has 0 unspecified atom stereocenters. The van der Waals surface area contributed by atoms with Crippen LogP contribution in [-0.2, 0) is 6.42 Å². The molecule has 0 radical (unpaired) electrons. The summed E-state index contributed by atoms with van der Waals surface area (Å²) in [6.45, 7) is 2.13. The predicted octanol–water partition coefficient (Wildman–Crippen LogP) is 5.90. The Morgan fingerprint density at radius 1 is 1.03 bits per heavy atom. The van der Waals surface area contributed by atoms with Gasteiger partial charge in [-0.1, -0.05) is 19.8 Å². The average molecular weight is 394 g/mol. The van der Waals surface area contributed by atoms with Crippen LogP contribution >= 0.6 is 0 Å². The molecule has 3 aromatic rings. The number of unbranched alkanes of at least 4 members (excludes halogenated alkanes) is 2. The third-order valence-corrected chi connectivity index (χ3v) is 4.23. The van der Waals surface area contributed by atoms with E-state index in [4.69, 9.17) is 10.00 Å². The maximum Gasteiger partial charge on any atom is 0.175 e. The minimum Gasteiger partial charge on any atom is -0.450 e. The molecule has 0 aliphatic heterocycles. The molecule has 2 heterocycles. The molecule has 148 valence electrons. The number of ether oxygens (including phenoxy) is 1. The van der Waals surface area contributed by atoms with Crippen molar-refractivity contribution in [1.29, 1.82) is 5.26 Å². The molecule has 7 heteroatoms. The fourth-order valence-corrected chi connectivity index (χ4v) is 2.70. The van der Waals surface area contributed by atoms with Crippen molar-refractivity contribution in [3.63, 3.8) is 0 Å². The first-order chi connectivity index (χ1) is 14.1. The van der Waals surface area contributed by atoms with E-state index in [1.807, 2.05) is 6.07 Å². The van der Waals surface area contributed by atoms with Crippen LogP contribution in [0.2, 0.25) is 0 Å². The smallest absolute Gasteiger partial charge is 0.175 e. The molecule has 1 aromatic carbocycles. The normalized spacial score (nSPS) is 10.4. The van der Waals surface area contributed by atoms with Crippen molar-refractivity contribution < 1.29 is 13.5 Å². The molecule has 3 rings (SSSR count). The summed E-state index contributed by atoms with van der Waals surface area (Å²) in [5.74, 6) is -0.486. The highest BCUT2D eigenvalue weighted by atomic mass is 19.1.